The number of allylic oxidation sites excluding steroid dienone is 12. The maximum absolute atomic E-state index is 12.5. The lowest BCUT2D eigenvalue weighted by Gasteiger charge is -2.20. The van der Waals surface area contributed by atoms with Crippen LogP contribution >= 0.6 is 7.82 Å². The van der Waals surface area contributed by atoms with Crippen LogP contribution in [0, 0.1) is 0 Å². The molecule has 0 aromatic rings. The highest BCUT2D eigenvalue weighted by Gasteiger charge is 2.28. The summed E-state index contributed by atoms with van der Waals surface area (Å²) in [5, 5.41) is 8.86. The fraction of sp³-hybridized carbons (Fsp3) is 0.625. The van der Waals surface area contributed by atoms with Crippen LogP contribution in [0.1, 0.15) is 129 Å². The van der Waals surface area contributed by atoms with E-state index in [0.29, 0.717) is 12.8 Å². The predicted octanol–water partition coefficient (Wildman–Crippen LogP) is 9.39. The van der Waals surface area contributed by atoms with Crippen molar-refractivity contribution in [1.29, 1.82) is 0 Å². The Morgan fingerprint density at radius 2 is 1.08 bits per heavy atom. The SMILES string of the molecule is CC/C=C\C/C=C\C/C=C\C/C=C\CCCCC(=O)OC(COC(=O)CCCCCCC/C=C\C/C=C\CCC)COP(=O)(O)OCC(N)C(=O)O. The van der Waals surface area contributed by atoms with Crippen molar-refractivity contribution in [2.75, 3.05) is 19.8 Å². The first-order chi connectivity index (χ1) is 25.1. The van der Waals surface area contributed by atoms with Crippen molar-refractivity contribution in [3.05, 3.63) is 72.9 Å². The summed E-state index contributed by atoms with van der Waals surface area (Å²) in [6, 6.07) is -1.53. The molecular formula is C40H66NO10P. The normalized spacial score (nSPS) is 14.7. The highest BCUT2D eigenvalue weighted by atomic mass is 31.2. The number of carbonyl (C=O) groups excluding carboxylic acids is 2. The van der Waals surface area contributed by atoms with Crippen molar-refractivity contribution in [3.8, 4) is 0 Å². The van der Waals surface area contributed by atoms with Gasteiger partial charge in [-0.1, -0.05) is 112 Å². The van der Waals surface area contributed by atoms with Crippen LogP contribution < -0.4 is 5.73 Å². The molecule has 0 amide bonds. The number of nitrogens with two attached hydrogens (primary N) is 1. The highest BCUT2D eigenvalue weighted by Crippen LogP contribution is 2.43. The summed E-state index contributed by atoms with van der Waals surface area (Å²) in [5.41, 5.74) is 5.31. The van der Waals surface area contributed by atoms with Crippen molar-refractivity contribution in [3.63, 3.8) is 0 Å². The Kier molecular flexibility index (Phi) is 32.9. The Balaban J connectivity index is 4.56. The van der Waals surface area contributed by atoms with Crippen molar-refractivity contribution in [1.82, 2.24) is 0 Å². The molecule has 0 aromatic heterocycles. The Hall–Kier alpha value is -3.08. The lowest BCUT2D eigenvalue weighted by Crippen LogP contribution is -2.34. The molecule has 0 bridgehead atoms. The van der Waals surface area contributed by atoms with Crippen LogP contribution in [0.15, 0.2) is 72.9 Å². The molecule has 0 spiro atoms. The van der Waals surface area contributed by atoms with Crippen molar-refractivity contribution in [2.24, 2.45) is 5.73 Å². The van der Waals surface area contributed by atoms with E-state index in [-0.39, 0.29) is 19.4 Å². The van der Waals surface area contributed by atoms with Gasteiger partial charge in [-0.15, -0.1) is 0 Å². The molecule has 3 atom stereocenters. The van der Waals surface area contributed by atoms with E-state index in [0.717, 1.165) is 89.9 Å². The number of carboxylic acid groups (broad SMARTS) is 1. The van der Waals surface area contributed by atoms with E-state index in [9.17, 15) is 23.8 Å². The van der Waals surface area contributed by atoms with Crippen LogP contribution in [0.5, 0.6) is 0 Å². The maximum atomic E-state index is 12.5. The number of carboxylic acids is 1. The summed E-state index contributed by atoms with van der Waals surface area (Å²) < 4.78 is 32.5. The summed E-state index contributed by atoms with van der Waals surface area (Å²) in [5.74, 6) is -2.47. The van der Waals surface area contributed by atoms with Gasteiger partial charge in [0.1, 0.15) is 12.6 Å². The maximum Gasteiger partial charge on any atom is 0.472 e. The molecule has 0 heterocycles. The van der Waals surface area contributed by atoms with E-state index in [1.165, 1.54) is 0 Å². The minimum Gasteiger partial charge on any atom is -0.480 e. The number of rotatable bonds is 34. The van der Waals surface area contributed by atoms with E-state index in [4.69, 9.17) is 24.8 Å². The topological polar surface area (TPSA) is 172 Å². The zero-order valence-electron chi connectivity index (χ0n) is 31.6. The van der Waals surface area contributed by atoms with Crippen LogP contribution in [0.25, 0.3) is 0 Å². The fourth-order valence-electron chi connectivity index (χ4n) is 4.44. The summed E-state index contributed by atoms with van der Waals surface area (Å²) >= 11 is 0. The number of unbranched alkanes of at least 4 members (excludes halogenated alkanes) is 8. The van der Waals surface area contributed by atoms with Crippen molar-refractivity contribution < 1.29 is 47.5 Å². The molecule has 0 radical (unpaired) electrons. The average Bonchev–Trinajstić information content (AvgIpc) is 3.12. The predicted molar refractivity (Wildman–Crippen MR) is 207 cm³/mol. The quantitative estimate of drug-likeness (QED) is 0.0248. The van der Waals surface area contributed by atoms with Gasteiger partial charge in [-0.25, -0.2) is 4.57 Å². The van der Waals surface area contributed by atoms with Crippen molar-refractivity contribution in [2.45, 2.75) is 142 Å². The summed E-state index contributed by atoms with van der Waals surface area (Å²) in [6.07, 6.45) is 39.8. The molecule has 296 valence electrons. The van der Waals surface area contributed by atoms with Crippen LogP contribution in [-0.4, -0.2) is 59.9 Å². The first kappa shape index (κ1) is 48.9. The van der Waals surface area contributed by atoms with Gasteiger partial charge in [-0.2, -0.15) is 0 Å². The first-order valence-electron chi connectivity index (χ1n) is 19.0. The number of phosphoric ester groups is 1. The Morgan fingerprint density at radius 3 is 1.65 bits per heavy atom. The lowest BCUT2D eigenvalue weighted by atomic mass is 10.1. The third-order valence-electron chi connectivity index (χ3n) is 7.42. The molecule has 0 saturated carbocycles. The number of ether oxygens (including phenoxy) is 2. The van der Waals surface area contributed by atoms with Crippen LogP contribution in [0.4, 0.5) is 0 Å². The van der Waals surface area contributed by atoms with Gasteiger partial charge in [0.2, 0.25) is 0 Å². The number of aliphatic carboxylic acids is 1. The van der Waals surface area contributed by atoms with E-state index in [2.05, 4.69) is 91.3 Å². The number of hydrogen-bond donors (Lipinski definition) is 3. The van der Waals surface area contributed by atoms with Gasteiger partial charge in [0.25, 0.3) is 0 Å². The van der Waals surface area contributed by atoms with Gasteiger partial charge < -0.3 is 25.2 Å². The second-order valence-electron chi connectivity index (χ2n) is 12.3. The van der Waals surface area contributed by atoms with E-state index in [1.54, 1.807) is 0 Å². The second-order valence-corrected chi connectivity index (χ2v) is 13.8. The molecule has 0 aromatic carbocycles. The zero-order chi connectivity index (χ0) is 38.5. The molecule has 0 aliphatic rings. The molecule has 0 fully saturated rings. The Labute approximate surface area is 312 Å². The average molecular weight is 752 g/mol. The first-order valence-corrected chi connectivity index (χ1v) is 20.5. The molecule has 52 heavy (non-hydrogen) atoms. The summed E-state index contributed by atoms with van der Waals surface area (Å²) in [4.78, 5) is 45.7. The Bertz CT molecular complexity index is 1160. The molecule has 0 aliphatic carbocycles. The number of carbonyl (C=O) groups is 3. The van der Waals surface area contributed by atoms with E-state index >= 15 is 0 Å². The molecule has 11 nitrogen and oxygen atoms in total. The van der Waals surface area contributed by atoms with Gasteiger partial charge in [-0.3, -0.25) is 23.4 Å². The van der Waals surface area contributed by atoms with Gasteiger partial charge in [0, 0.05) is 12.8 Å². The standard InChI is InChI=1S/C40H66NO10P/c1-3-5-7-9-11-13-15-17-18-20-22-24-26-28-30-32-39(43)51-36(34-49-52(46,47)50-35-37(41)40(44)45)33-48-38(42)31-29-27-25-23-21-19-16-14-12-10-8-6-4-2/h5,7-8,10-11,13-14,16-18,22,24,36-37H,3-4,6,9,12,15,19-21,23,25-35,41H2,1-2H3,(H,44,45)(H,46,47)/b7-5-,10-8-,13-11-,16-14-,18-17-,24-22-. The summed E-state index contributed by atoms with van der Waals surface area (Å²) in [6.45, 7) is 2.53. The fourth-order valence-corrected chi connectivity index (χ4v) is 5.22. The highest BCUT2D eigenvalue weighted by molar-refractivity contribution is 7.47. The van der Waals surface area contributed by atoms with Gasteiger partial charge in [0.15, 0.2) is 6.10 Å². The minimum atomic E-state index is -4.73. The molecule has 0 aliphatic heterocycles. The van der Waals surface area contributed by atoms with Crippen LogP contribution in [0.3, 0.4) is 0 Å². The van der Waals surface area contributed by atoms with Crippen LogP contribution in [0.2, 0.25) is 0 Å². The monoisotopic (exact) mass is 751 g/mol. The minimum absolute atomic E-state index is 0.102. The summed E-state index contributed by atoms with van der Waals surface area (Å²) in [7, 11) is -4.73. The number of hydrogen-bond acceptors (Lipinski definition) is 9. The lowest BCUT2D eigenvalue weighted by molar-refractivity contribution is -0.161. The molecule has 12 heteroatoms. The molecule has 4 N–H and O–H groups in total. The Morgan fingerprint density at radius 1 is 0.615 bits per heavy atom. The van der Waals surface area contributed by atoms with Crippen molar-refractivity contribution >= 4 is 25.7 Å². The van der Waals surface area contributed by atoms with E-state index < -0.39 is 51.1 Å². The van der Waals surface area contributed by atoms with Gasteiger partial charge in [-0.05, 0) is 77.0 Å². The molecular weight excluding hydrogens is 685 g/mol. The zero-order valence-corrected chi connectivity index (χ0v) is 32.5. The third-order valence-corrected chi connectivity index (χ3v) is 8.37. The van der Waals surface area contributed by atoms with Gasteiger partial charge >= 0.3 is 25.7 Å². The van der Waals surface area contributed by atoms with Gasteiger partial charge in [0.05, 0.1) is 13.2 Å². The second kappa shape index (κ2) is 35.0. The van der Waals surface area contributed by atoms with E-state index in [1.807, 2.05) is 0 Å². The largest absolute Gasteiger partial charge is 0.480 e. The smallest absolute Gasteiger partial charge is 0.472 e. The molecule has 3 unspecified atom stereocenters. The number of phosphoric acid groups is 1. The number of esters is 2. The third kappa shape index (κ3) is 34.0. The molecule has 0 rings (SSSR count). The van der Waals surface area contributed by atoms with Crippen LogP contribution in [-0.2, 0) is 37.5 Å². The molecule has 0 saturated heterocycles.